The number of nitrogens with zero attached hydrogens (tertiary/aromatic N) is 1. The minimum absolute atomic E-state index is 0.0244. The number of nitrogens with two attached hydrogens (primary N) is 2. The van der Waals surface area contributed by atoms with Crippen LogP contribution in [0.5, 0.6) is 0 Å². The summed E-state index contributed by atoms with van der Waals surface area (Å²) < 4.78 is 6.43. The summed E-state index contributed by atoms with van der Waals surface area (Å²) in [7, 11) is 1.18. The highest BCUT2D eigenvalue weighted by molar-refractivity contribution is 7.07. The van der Waals surface area contributed by atoms with E-state index in [9.17, 15) is 14.4 Å². The Hall–Kier alpha value is -2.75. The second-order valence-corrected chi connectivity index (χ2v) is 10.1. The topological polar surface area (TPSA) is 117 Å². The minimum atomic E-state index is -1.10. The molecule has 12 heteroatoms. The zero-order valence-electron chi connectivity index (χ0n) is 17.8. The fourth-order valence-corrected chi connectivity index (χ4v) is 5.94. The highest BCUT2D eigenvalue weighted by Gasteiger charge is 2.39. The summed E-state index contributed by atoms with van der Waals surface area (Å²) in [6, 6.07) is 9.35. The van der Waals surface area contributed by atoms with E-state index in [1.54, 1.807) is 24.3 Å². The zero-order valence-corrected chi connectivity index (χ0v) is 21.6. The van der Waals surface area contributed by atoms with Crippen LogP contribution in [0, 0.1) is 0 Å². The smallest absolute Gasteiger partial charge is 0.337 e. The average molecular weight is 571 g/mol. The lowest BCUT2D eigenvalue weighted by atomic mass is 9.83. The van der Waals surface area contributed by atoms with Gasteiger partial charge in [0.2, 0.25) is 5.91 Å². The quantitative estimate of drug-likeness (QED) is 0.467. The van der Waals surface area contributed by atoms with Crippen molar-refractivity contribution in [1.82, 2.24) is 4.57 Å². The number of halogens is 4. The number of aromatic nitrogens is 1. The lowest BCUT2D eigenvalue weighted by Gasteiger charge is -2.27. The number of carbonyl (C=O) groups is 2. The van der Waals surface area contributed by atoms with Crippen LogP contribution in [0.3, 0.4) is 0 Å². The molecule has 1 aromatic heterocycles. The summed E-state index contributed by atoms with van der Waals surface area (Å²) in [5.41, 5.74) is 12.1. The predicted molar refractivity (Wildman–Crippen MR) is 139 cm³/mol. The Bertz CT molecular complexity index is 1620. The Morgan fingerprint density at radius 1 is 1.03 bits per heavy atom. The molecule has 180 valence electrons. The van der Waals surface area contributed by atoms with Crippen molar-refractivity contribution in [2.45, 2.75) is 5.92 Å². The lowest BCUT2D eigenvalue weighted by Crippen LogP contribution is -2.42. The van der Waals surface area contributed by atoms with Crippen LogP contribution in [0.15, 0.2) is 46.8 Å². The number of amides is 1. The van der Waals surface area contributed by atoms with Gasteiger partial charge in [0.25, 0.3) is 5.56 Å². The van der Waals surface area contributed by atoms with Crippen molar-refractivity contribution < 1.29 is 14.3 Å². The van der Waals surface area contributed by atoms with Gasteiger partial charge in [0.15, 0.2) is 0 Å². The Kier molecular flexibility index (Phi) is 7.04. The molecular weight excluding hydrogens is 556 g/mol. The molecule has 0 radical (unpaired) electrons. The van der Waals surface area contributed by atoms with E-state index in [1.165, 1.54) is 25.3 Å². The average Bonchev–Trinajstić information content (AvgIpc) is 3.11. The summed E-state index contributed by atoms with van der Waals surface area (Å²) in [5, 5.41) is 1.26. The van der Waals surface area contributed by atoms with Gasteiger partial charge in [-0.05, 0) is 41.5 Å². The standard InChI is InChI=1S/C23H15Cl4N3O4S/c1-34-23(33)18-16(12-5-4-11(25)8-14(12)27)17(20(29)31)19(28)30-21(32)15(35-22(18)30)6-9-2-3-10(24)7-13(9)26/h2-8,16H,28H2,1H3,(H2,29,31)/b15-6-/t16-/m0/s1. The number of hydrogen-bond acceptors (Lipinski definition) is 6. The van der Waals surface area contributed by atoms with Crippen LogP contribution in [0.25, 0.3) is 17.5 Å². The highest BCUT2D eigenvalue weighted by Crippen LogP contribution is 2.40. The molecule has 1 atom stereocenters. The Labute approximate surface area is 222 Å². The third kappa shape index (κ3) is 4.48. The van der Waals surface area contributed by atoms with Gasteiger partial charge in [0, 0.05) is 20.1 Å². The number of hydrogen-bond donors (Lipinski definition) is 2. The SMILES string of the molecule is COC(=O)C1=c2s/c(=C\c3ccc(Cl)cc3Cl)c(=O)n2C(N)=C(C(N)=O)[C@@H]1c1ccc(Cl)cc1Cl. The van der Waals surface area contributed by atoms with E-state index in [4.69, 9.17) is 62.6 Å². The molecule has 1 aliphatic rings. The van der Waals surface area contributed by atoms with Crippen molar-refractivity contribution in [3.05, 3.63) is 92.7 Å². The van der Waals surface area contributed by atoms with Gasteiger partial charge in [-0.15, -0.1) is 11.3 Å². The molecule has 0 bridgehead atoms. The molecule has 0 aliphatic carbocycles. The largest absolute Gasteiger partial charge is 0.466 e. The number of primary amides is 1. The van der Waals surface area contributed by atoms with Crippen molar-refractivity contribution in [3.63, 3.8) is 0 Å². The highest BCUT2D eigenvalue weighted by atomic mass is 35.5. The molecule has 4 N–H and O–H groups in total. The van der Waals surface area contributed by atoms with Crippen molar-refractivity contribution in [1.29, 1.82) is 0 Å². The Morgan fingerprint density at radius 3 is 2.23 bits per heavy atom. The second kappa shape index (κ2) is 9.72. The molecule has 0 unspecified atom stereocenters. The van der Waals surface area contributed by atoms with Crippen molar-refractivity contribution in [2.75, 3.05) is 7.11 Å². The summed E-state index contributed by atoms with van der Waals surface area (Å²) in [4.78, 5) is 39.0. The first-order valence-electron chi connectivity index (χ1n) is 9.81. The van der Waals surface area contributed by atoms with Gasteiger partial charge in [-0.1, -0.05) is 58.5 Å². The number of carbonyl (C=O) groups excluding carboxylic acids is 2. The van der Waals surface area contributed by atoms with Crippen LogP contribution in [-0.4, -0.2) is 23.6 Å². The first kappa shape index (κ1) is 25.3. The van der Waals surface area contributed by atoms with Crippen molar-refractivity contribution in [2.24, 2.45) is 11.5 Å². The van der Waals surface area contributed by atoms with E-state index in [0.717, 1.165) is 15.9 Å². The summed E-state index contributed by atoms with van der Waals surface area (Å²) in [5.74, 6) is -3.05. The minimum Gasteiger partial charge on any atom is -0.466 e. The maximum Gasteiger partial charge on any atom is 0.337 e. The molecule has 3 aromatic rings. The number of methoxy groups -OCH3 is 1. The fourth-order valence-electron chi connectivity index (χ4n) is 3.81. The number of esters is 1. The number of fused-ring (bicyclic) bond motifs is 1. The van der Waals surface area contributed by atoms with Gasteiger partial charge >= 0.3 is 5.97 Å². The van der Waals surface area contributed by atoms with Gasteiger partial charge in [-0.3, -0.25) is 14.2 Å². The molecule has 0 fully saturated rings. The molecular formula is C23H15Cl4N3O4S. The Morgan fingerprint density at radius 2 is 1.66 bits per heavy atom. The summed E-state index contributed by atoms with van der Waals surface area (Å²) in [6.45, 7) is 0. The fraction of sp³-hybridized carbons (Fsp3) is 0.0870. The van der Waals surface area contributed by atoms with E-state index in [1.807, 2.05) is 0 Å². The molecule has 2 heterocycles. The van der Waals surface area contributed by atoms with E-state index in [-0.39, 0.29) is 31.2 Å². The Balaban J connectivity index is 2.15. The molecule has 4 rings (SSSR count). The van der Waals surface area contributed by atoms with Crippen molar-refractivity contribution >= 4 is 87.1 Å². The normalized spacial score (nSPS) is 15.9. The molecule has 35 heavy (non-hydrogen) atoms. The first-order chi connectivity index (χ1) is 16.5. The van der Waals surface area contributed by atoms with Crippen LogP contribution in [0.4, 0.5) is 0 Å². The first-order valence-corrected chi connectivity index (χ1v) is 12.1. The summed E-state index contributed by atoms with van der Waals surface area (Å²) >= 11 is 25.7. The van der Waals surface area contributed by atoms with Crippen LogP contribution in [0.2, 0.25) is 20.1 Å². The van der Waals surface area contributed by atoms with Crippen LogP contribution in [-0.2, 0) is 14.3 Å². The number of ether oxygens (including phenoxy) is 1. The predicted octanol–water partition coefficient (Wildman–Crippen LogP) is 3.09. The van der Waals surface area contributed by atoms with E-state index in [2.05, 4.69) is 0 Å². The van der Waals surface area contributed by atoms with Crippen LogP contribution >= 0.6 is 57.7 Å². The maximum absolute atomic E-state index is 13.4. The molecule has 1 amide bonds. The third-order valence-electron chi connectivity index (χ3n) is 5.34. The van der Waals surface area contributed by atoms with E-state index in [0.29, 0.717) is 26.2 Å². The van der Waals surface area contributed by atoms with Gasteiger partial charge in [-0.25, -0.2) is 4.79 Å². The number of rotatable bonds is 4. The van der Waals surface area contributed by atoms with Gasteiger partial charge in [0.05, 0.1) is 28.7 Å². The van der Waals surface area contributed by atoms with Crippen LogP contribution in [0.1, 0.15) is 17.0 Å². The molecule has 2 aromatic carbocycles. The third-order valence-corrected chi connectivity index (χ3v) is 7.57. The van der Waals surface area contributed by atoms with Crippen molar-refractivity contribution in [3.8, 4) is 0 Å². The maximum atomic E-state index is 13.4. The summed E-state index contributed by atoms with van der Waals surface area (Å²) in [6.07, 6.45) is 1.54. The van der Waals surface area contributed by atoms with Gasteiger partial charge < -0.3 is 16.2 Å². The van der Waals surface area contributed by atoms with Gasteiger partial charge in [0.1, 0.15) is 10.5 Å². The zero-order chi connectivity index (χ0) is 25.6. The molecule has 0 saturated carbocycles. The second-order valence-electron chi connectivity index (χ2n) is 7.39. The van der Waals surface area contributed by atoms with E-state index < -0.39 is 23.4 Å². The molecule has 1 aliphatic heterocycles. The molecule has 7 nitrogen and oxygen atoms in total. The van der Waals surface area contributed by atoms with E-state index >= 15 is 0 Å². The monoisotopic (exact) mass is 569 g/mol. The molecule has 0 saturated heterocycles. The molecule has 0 spiro atoms. The number of thiazole rings is 1. The van der Waals surface area contributed by atoms with Crippen LogP contribution < -0.4 is 26.2 Å². The van der Waals surface area contributed by atoms with Gasteiger partial charge in [-0.2, -0.15) is 0 Å². The lowest BCUT2D eigenvalue weighted by molar-refractivity contribution is -0.134. The number of benzene rings is 2.